The van der Waals surface area contributed by atoms with E-state index in [1.807, 2.05) is 6.92 Å². The summed E-state index contributed by atoms with van der Waals surface area (Å²) in [5.41, 5.74) is 1.98. The molecule has 2 rings (SSSR count). The number of amides is 1. The van der Waals surface area contributed by atoms with Crippen LogP contribution in [0.25, 0.3) is 0 Å². The summed E-state index contributed by atoms with van der Waals surface area (Å²) in [6.45, 7) is 3.12. The van der Waals surface area contributed by atoms with Crippen LogP contribution in [0, 0.1) is 6.92 Å². The summed E-state index contributed by atoms with van der Waals surface area (Å²) in [5, 5.41) is 11.5. The highest BCUT2D eigenvalue weighted by Gasteiger charge is 2.19. The summed E-state index contributed by atoms with van der Waals surface area (Å²) in [4.78, 5) is 22.4. The first kappa shape index (κ1) is 19.5. The Balaban J connectivity index is 2.10. The van der Waals surface area contributed by atoms with Gasteiger partial charge in [0, 0.05) is 19.0 Å². The molecule has 1 amide bonds. The molecule has 2 aromatic carbocycles. The summed E-state index contributed by atoms with van der Waals surface area (Å²) in [6.07, 6.45) is 0.0971. The van der Waals surface area contributed by atoms with Gasteiger partial charge in [-0.05, 0) is 36.8 Å². The number of nitrogens with one attached hydrogen (secondary N) is 2. The zero-order chi connectivity index (χ0) is 19.3. The molecule has 0 radical (unpaired) electrons. The van der Waals surface area contributed by atoms with Gasteiger partial charge in [-0.15, -0.1) is 0 Å². The molecule has 0 spiro atoms. The molecule has 0 fully saturated rings. The molecular formula is C18H20N2O5S. The lowest BCUT2D eigenvalue weighted by atomic mass is 10.1. The minimum Gasteiger partial charge on any atom is -0.480 e. The maximum Gasteiger partial charge on any atom is 0.326 e. The first-order valence-electron chi connectivity index (χ1n) is 7.86. The molecule has 7 nitrogen and oxygen atoms in total. The second-order valence-electron chi connectivity index (χ2n) is 5.91. The summed E-state index contributed by atoms with van der Waals surface area (Å²) in [7, 11) is -3.70. The van der Waals surface area contributed by atoms with Crippen LogP contribution in [-0.4, -0.2) is 31.4 Å². The Morgan fingerprint density at radius 2 is 1.62 bits per heavy atom. The molecule has 26 heavy (non-hydrogen) atoms. The van der Waals surface area contributed by atoms with Gasteiger partial charge in [-0.3, -0.25) is 9.52 Å². The lowest BCUT2D eigenvalue weighted by Gasteiger charge is -2.14. The first-order chi connectivity index (χ1) is 12.2. The molecule has 8 heteroatoms. The summed E-state index contributed by atoms with van der Waals surface area (Å²) < 4.78 is 27.2. The Labute approximate surface area is 152 Å². The number of benzene rings is 2. The third-order valence-electron chi connectivity index (χ3n) is 3.65. The van der Waals surface area contributed by atoms with E-state index in [1.165, 1.54) is 19.1 Å². The van der Waals surface area contributed by atoms with Crippen molar-refractivity contribution in [1.29, 1.82) is 0 Å². The van der Waals surface area contributed by atoms with Crippen LogP contribution < -0.4 is 10.0 Å². The number of rotatable bonds is 7. The molecule has 1 atom stereocenters. The number of carbonyl (C=O) groups is 2. The van der Waals surface area contributed by atoms with E-state index in [2.05, 4.69) is 10.0 Å². The SMILES string of the molecule is CC(=O)NC(Cc1ccc(NS(=O)(=O)c2ccc(C)cc2)cc1)C(=O)O. The van der Waals surface area contributed by atoms with Crippen LogP contribution in [0.15, 0.2) is 53.4 Å². The predicted molar refractivity (Wildman–Crippen MR) is 97.4 cm³/mol. The summed E-state index contributed by atoms with van der Waals surface area (Å²) in [5.74, 6) is -1.57. The van der Waals surface area contributed by atoms with Crippen molar-refractivity contribution >= 4 is 27.6 Å². The standard InChI is InChI=1S/C18H20N2O5S/c1-12-3-9-16(10-4-12)26(24,25)20-15-7-5-14(6-8-15)11-17(18(22)23)19-13(2)21/h3-10,17,20H,11H2,1-2H3,(H,19,21)(H,22,23). The van der Waals surface area contributed by atoms with Crippen molar-refractivity contribution in [1.82, 2.24) is 5.32 Å². The Bertz CT molecular complexity index is 890. The van der Waals surface area contributed by atoms with Gasteiger partial charge in [0.15, 0.2) is 0 Å². The fraction of sp³-hybridized carbons (Fsp3) is 0.222. The zero-order valence-corrected chi connectivity index (χ0v) is 15.2. The number of carbonyl (C=O) groups excluding carboxylic acids is 1. The maximum absolute atomic E-state index is 12.3. The quantitative estimate of drug-likeness (QED) is 0.683. The molecule has 1 unspecified atom stereocenters. The molecule has 2 aromatic rings. The van der Waals surface area contributed by atoms with Crippen molar-refractivity contribution in [3.8, 4) is 0 Å². The van der Waals surface area contributed by atoms with Crippen molar-refractivity contribution in [2.75, 3.05) is 4.72 Å². The van der Waals surface area contributed by atoms with E-state index < -0.39 is 27.9 Å². The molecule has 0 aliphatic heterocycles. The molecular weight excluding hydrogens is 356 g/mol. The van der Waals surface area contributed by atoms with Crippen LogP contribution in [0.3, 0.4) is 0 Å². The van der Waals surface area contributed by atoms with E-state index in [0.717, 1.165) is 5.56 Å². The number of aliphatic carboxylic acids is 1. The molecule has 0 heterocycles. The van der Waals surface area contributed by atoms with Crippen LogP contribution in [-0.2, 0) is 26.0 Å². The van der Waals surface area contributed by atoms with E-state index in [9.17, 15) is 18.0 Å². The number of carboxylic acids is 1. The summed E-state index contributed by atoms with van der Waals surface area (Å²) >= 11 is 0. The molecule has 0 aliphatic carbocycles. The van der Waals surface area contributed by atoms with Gasteiger partial charge < -0.3 is 10.4 Å². The van der Waals surface area contributed by atoms with E-state index >= 15 is 0 Å². The molecule has 3 N–H and O–H groups in total. The molecule has 0 saturated carbocycles. The van der Waals surface area contributed by atoms with Crippen molar-refractivity contribution in [2.24, 2.45) is 0 Å². The minimum absolute atomic E-state index is 0.0971. The lowest BCUT2D eigenvalue weighted by Crippen LogP contribution is -2.41. The maximum atomic E-state index is 12.3. The van der Waals surface area contributed by atoms with Gasteiger partial charge >= 0.3 is 5.97 Å². The van der Waals surface area contributed by atoms with E-state index in [0.29, 0.717) is 11.3 Å². The van der Waals surface area contributed by atoms with E-state index in [1.54, 1.807) is 36.4 Å². The van der Waals surface area contributed by atoms with Gasteiger partial charge in [0.1, 0.15) is 6.04 Å². The second kappa shape index (κ2) is 8.01. The highest BCUT2D eigenvalue weighted by molar-refractivity contribution is 7.92. The lowest BCUT2D eigenvalue weighted by molar-refractivity contribution is -0.141. The van der Waals surface area contributed by atoms with Gasteiger partial charge in [-0.25, -0.2) is 13.2 Å². The van der Waals surface area contributed by atoms with Crippen molar-refractivity contribution in [3.63, 3.8) is 0 Å². The van der Waals surface area contributed by atoms with Crippen LogP contribution in [0.5, 0.6) is 0 Å². The van der Waals surface area contributed by atoms with Crippen LogP contribution >= 0.6 is 0 Å². The molecule has 0 bridgehead atoms. The highest BCUT2D eigenvalue weighted by Crippen LogP contribution is 2.17. The van der Waals surface area contributed by atoms with Crippen molar-refractivity contribution < 1.29 is 23.1 Å². The normalized spacial score (nSPS) is 12.2. The van der Waals surface area contributed by atoms with Gasteiger partial charge in [0.25, 0.3) is 10.0 Å². The van der Waals surface area contributed by atoms with E-state index in [-0.39, 0.29) is 11.3 Å². The van der Waals surface area contributed by atoms with Gasteiger partial charge in [-0.2, -0.15) is 0 Å². The van der Waals surface area contributed by atoms with Crippen molar-refractivity contribution in [3.05, 3.63) is 59.7 Å². The average molecular weight is 376 g/mol. The number of hydrogen-bond acceptors (Lipinski definition) is 4. The third kappa shape index (κ3) is 5.32. The number of anilines is 1. The molecule has 138 valence electrons. The number of hydrogen-bond donors (Lipinski definition) is 3. The van der Waals surface area contributed by atoms with Gasteiger partial charge in [-0.1, -0.05) is 29.8 Å². The van der Waals surface area contributed by atoms with E-state index in [4.69, 9.17) is 5.11 Å². The first-order valence-corrected chi connectivity index (χ1v) is 9.34. The average Bonchev–Trinajstić information content (AvgIpc) is 2.55. The molecule has 0 aliphatic rings. The number of aryl methyl sites for hydroxylation is 1. The molecule has 0 saturated heterocycles. The smallest absolute Gasteiger partial charge is 0.326 e. The Morgan fingerprint density at radius 1 is 1.04 bits per heavy atom. The second-order valence-corrected chi connectivity index (χ2v) is 7.59. The van der Waals surface area contributed by atoms with Crippen LogP contribution in [0.2, 0.25) is 0 Å². The van der Waals surface area contributed by atoms with Gasteiger partial charge in [0.2, 0.25) is 5.91 Å². The topological polar surface area (TPSA) is 113 Å². The largest absolute Gasteiger partial charge is 0.480 e. The fourth-order valence-electron chi connectivity index (χ4n) is 2.32. The fourth-order valence-corrected chi connectivity index (χ4v) is 3.38. The van der Waals surface area contributed by atoms with Crippen LogP contribution in [0.1, 0.15) is 18.1 Å². The summed E-state index contributed by atoms with van der Waals surface area (Å²) in [6, 6.07) is 11.8. The third-order valence-corrected chi connectivity index (χ3v) is 5.05. The Hall–Kier alpha value is -2.87. The van der Waals surface area contributed by atoms with Crippen molar-refractivity contribution in [2.45, 2.75) is 31.2 Å². The van der Waals surface area contributed by atoms with Gasteiger partial charge in [0.05, 0.1) is 4.90 Å². The Kier molecular flexibility index (Phi) is 5.99. The number of sulfonamides is 1. The minimum atomic E-state index is -3.70. The monoisotopic (exact) mass is 376 g/mol. The Morgan fingerprint density at radius 3 is 2.12 bits per heavy atom. The zero-order valence-electron chi connectivity index (χ0n) is 14.4. The highest BCUT2D eigenvalue weighted by atomic mass is 32.2. The number of carboxylic acid groups (broad SMARTS) is 1. The predicted octanol–water partition coefficient (Wildman–Crippen LogP) is 1.93. The molecule has 0 aromatic heterocycles. The van der Waals surface area contributed by atoms with Crippen LogP contribution in [0.4, 0.5) is 5.69 Å².